The van der Waals surface area contributed by atoms with Gasteiger partial charge < -0.3 is 0 Å². The molecule has 0 atom stereocenters. The van der Waals surface area contributed by atoms with E-state index in [-0.39, 0.29) is 5.69 Å². The van der Waals surface area contributed by atoms with Crippen molar-refractivity contribution in [1.29, 1.82) is 0 Å². The van der Waals surface area contributed by atoms with Gasteiger partial charge in [-0.05, 0) is 42.0 Å². The molecule has 0 unspecified atom stereocenters. The summed E-state index contributed by atoms with van der Waals surface area (Å²) >= 11 is 7.54. The molecule has 1 aromatic heterocycles. The van der Waals surface area contributed by atoms with E-state index < -0.39 is 4.92 Å². The maximum atomic E-state index is 10.8. The average molecular weight is 423 g/mol. The lowest BCUT2D eigenvalue weighted by atomic mass is 10.2. The fourth-order valence-electron chi connectivity index (χ4n) is 2.82. The van der Waals surface area contributed by atoms with E-state index in [0.717, 1.165) is 27.8 Å². The Balaban J connectivity index is 1.66. The Morgan fingerprint density at radius 2 is 1.62 bits per heavy atom. The number of para-hydroxylation sites is 1. The monoisotopic (exact) mass is 422 g/mol. The molecule has 4 aromatic rings. The van der Waals surface area contributed by atoms with E-state index in [1.165, 1.54) is 23.9 Å². The number of hydrogen-bond donors (Lipinski definition) is 0. The van der Waals surface area contributed by atoms with Gasteiger partial charge in [0.15, 0.2) is 11.0 Å². The third-order valence-electron chi connectivity index (χ3n) is 4.27. The normalized spacial score (nSPS) is 10.8. The molecule has 0 aliphatic rings. The van der Waals surface area contributed by atoms with Crippen molar-refractivity contribution in [3.63, 3.8) is 0 Å². The van der Waals surface area contributed by atoms with Crippen LogP contribution in [0.15, 0.2) is 84.0 Å². The van der Waals surface area contributed by atoms with Gasteiger partial charge in [0.05, 0.1) is 4.92 Å². The standard InChI is InChI=1S/C21H15ClN4O2S/c22-17-10-8-16(9-11-17)20-23-24-21(25(20)18-4-2-1-3-5-18)29-14-15-6-12-19(13-7-15)26(27)28/h1-13H,14H2. The molecule has 8 heteroatoms. The Morgan fingerprint density at radius 1 is 0.931 bits per heavy atom. The predicted octanol–water partition coefficient (Wildman–Crippen LogP) is 5.79. The van der Waals surface area contributed by atoms with Gasteiger partial charge in [-0.15, -0.1) is 10.2 Å². The highest BCUT2D eigenvalue weighted by Gasteiger charge is 2.16. The van der Waals surface area contributed by atoms with E-state index in [1.807, 2.05) is 59.2 Å². The number of benzene rings is 3. The highest BCUT2D eigenvalue weighted by Crippen LogP contribution is 2.30. The summed E-state index contributed by atoms with van der Waals surface area (Å²) in [7, 11) is 0. The SMILES string of the molecule is O=[N+]([O-])c1ccc(CSc2nnc(-c3ccc(Cl)cc3)n2-c2ccccc2)cc1. The third kappa shape index (κ3) is 4.31. The number of rotatable bonds is 6. The predicted molar refractivity (Wildman–Crippen MR) is 114 cm³/mol. The number of nitro benzene ring substituents is 1. The van der Waals surface area contributed by atoms with Gasteiger partial charge in [0.2, 0.25) is 0 Å². The number of non-ortho nitro benzene ring substituents is 1. The van der Waals surface area contributed by atoms with Crippen molar-refractivity contribution < 1.29 is 4.92 Å². The summed E-state index contributed by atoms with van der Waals surface area (Å²) in [5, 5.41) is 21.0. The van der Waals surface area contributed by atoms with Crippen molar-refractivity contribution in [3.05, 3.63) is 99.6 Å². The van der Waals surface area contributed by atoms with Crippen molar-refractivity contribution in [1.82, 2.24) is 14.8 Å². The number of nitro groups is 1. The fourth-order valence-corrected chi connectivity index (χ4v) is 3.85. The second-order valence-corrected chi connectivity index (χ2v) is 7.58. The fraction of sp³-hybridized carbons (Fsp3) is 0.0476. The van der Waals surface area contributed by atoms with Crippen molar-refractivity contribution in [2.45, 2.75) is 10.9 Å². The third-order valence-corrected chi connectivity index (χ3v) is 5.52. The van der Waals surface area contributed by atoms with Gasteiger partial charge in [-0.3, -0.25) is 14.7 Å². The molecule has 0 aliphatic heterocycles. The highest BCUT2D eigenvalue weighted by molar-refractivity contribution is 7.98. The van der Waals surface area contributed by atoms with E-state index in [2.05, 4.69) is 10.2 Å². The topological polar surface area (TPSA) is 73.8 Å². The van der Waals surface area contributed by atoms with E-state index >= 15 is 0 Å². The lowest BCUT2D eigenvalue weighted by molar-refractivity contribution is -0.384. The van der Waals surface area contributed by atoms with Gasteiger partial charge in [-0.2, -0.15) is 0 Å². The molecule has 0 N–H and O–H groups in total. The van der Waals surface area contributed by atoms with Crippen molar-refractivity contribution in [2.75, 3.05) is 0 Å². The molecule has 0 saturated heterocycles. The zero-order valence-electron chi connectivity index (χ0n) is 15.1. The molecular weight excluding hydrogens is 408 g/mol. The molecule has 144 valence electrons. The summed E-state index contributed by atoms with van der Waals surface area (Å²) in [6.45, 7) is 0. The lowest BCUT2D eigenvalue weighted by Crippen LogP contribution is -1.99. The van der Waals surface area contributed by atoms with Gasteiger partial charge >= 0.3 is 0 Å². The van der Waals surface area contributed by atoms with Crippen LogP contribution in [-0.4, -0.2) is 19.7 Å². The molecule has 0 radical (unpaired) electrons. The Hall–Kier alpha value is -3.16. The van der Waals surface area contributed by atoms with Crippen LogP contribution in [0.1, 0.15) is 5.56 Å². The minimum atomic E-state index is -0.401. The summed E-state index contributed by atoms with van der Waals surface area (Å²) < 4.78 is 2.00. The summed E-state index contributed by atoms with van der Waals surface area (Å²) in [5.74, 6) is 1.34. The summed E-state index contributed by atoms with van der Waals surface area (Å²) in [6, 6.07) is 23.9. The van der Waals surface area contributed by atoms with Crippen LogP contribution < -0.4 is 0 Å². The van der Waals surface area contributed by atoms with Gasteiger partial charge in [0, 0.05) is 34.2 Å². The van der Waals surface area contributed by atoms with Crippen LogP contribution in [0.4, 0.5) is 5.69 Å². The zero-order valence-corrected chi connectivity index (χ0v) is 16.7. The number of halogens is 1. The molecule has 0 bridgehead atoms. The quantitative estimate of drug-likeness (QED) is 0.223. The Labute approximate surface area is 176 Å². The number of aromatic nitrogens is 3. The molecule has 0 fully saturated rings. The smallest absolute Gasteiger partial charge is 0.269 e. The summed E-state index contributed by atoms with van der Waals surface area (Å²) in [6.07, 6.45) is 0. The van der Waals surface area contributed by atoms with E-state index in [4.69, 9.17) is 11.6 Å². The minimum absolute atomic E-state index is 0.0798. The van der Waals surface area contributed by atoms with Gasteiger partial charge in [0.1, 0.15) is 0 Å². The first kappa shape index (κ1) is 19.2. The summed E-state index contributed by atoms with van der Waals surface area (Å²) in [4.78, 5) is 10.4. The molecule has 4 rings (SSSR count). The van der Waals surface area contributed by atoms with Crippen molar-refractivity contribution >= 4 is 29.1 Å². The maximum absolute atomic E-state index is 10.8. The van der Waals surface area contributed by atoms with Crippen LogP contribution in [-0.2, 0) is 5.75 Å². The molecule has 0 aliphatic carbocycles. The number of hydrogen-bond acceptors (Lipinski definition) is 5. The van der Waals surface area contributed by atoms with E-state index in [0.29, 0.717) is 10.8 Å². The van der Waals surface area contributed by atoms with Crippen LogP contribution in [0, 0.1) is 10.1 Å². The van der Waals surface area contributed by atoms with E-state index in [1.54, 1.807) is 12.1 Å². The number of thioether (sulfide) groups is 1. The Morgan fingerprint density at radius 3 is 2.28 bits per heavy atom. The molecular formula is C21H15ClN4O2S. The first-order valence-electron chi connectivity index (χ1n) is 8.75. The zero-order chi connectivity index (χ0) is 20.2. The van der Waals surface area contributed by atoms with E-state index in [9.17, 15) is 10.1 Å². The molecule has 29 heavy (non-hydrogen) atoms. The van der Waals surface area contributed by atoms with Crippen molar-refractivity contribution in [3.8, 4) is 17.1 Å². The largest absolute Gasteiger partial charge is 0.270 e. The molecule has 3 aromatic carbocycles. The van der Waals surface area contributed by atoms with Gasteiger partial charge in [-0.25, -0.2) is 0 Å². The van der Waals surface area contributed by atoms with Crippen LogP contribution in [0.25, 0.3) is 17.1 Å². The molecule has 6 nitrogen and oxygen atoms in total. The average Bonchev–Trinajstić information content (AvgIpc) is 3.17. The van der Waals surface area contributed by atoms with Gasteiger partial charge in [0.25, 0.3) is 5.69 Å². The van der Waals surface area contributed by atoms with Gasteiger partial charge in [-0.1, -0.05) is 53.7 Å². The first-order valence-corrected chi connectivity index (χ1v) is 10.1. The molecule has 0 amide bonds. The summed E-state index contributed by atoms with van der Waals surface area (Å²) in [5.41, 5.74) is 2.91. The Bertz CT molecular complexity index is 1130. The first-order chi connectivity index (χ1) is 14.1. The molecule has 1 heterocycles. The van der Waals surface area contributed by atoms with Crippen LogP contribution >= 0.6 is 23.4 Å². The van der Waals surface area contributed by atoms with Crippen LogP contribution in [0.2, 0.25) is 5.02 Å². The maximum Gasteiger partial charge on any atom is 0.269 e. The highest BCUT2D eigenvalue weighted by atomic mass is 35.5. The van der Waals surface area contributed by atoms with Crippen LogP contribution in [0.3, 0.4) is 0 Å². The Kier molecular flexibility index (Phi) is 5.59. The minimum Gasteiger partial charge on any atom is -0.270 e. The second kappa shape index (κ2) is 8.46. The number of nitrogens with zero attached hydrogens (tertiary/aromatic N) is 4. The molecule has 0 saturated carbocycles. The lowest BCUT2D eigenvalue weighted by Gasteiger charge is -2.10. The second-order valence-electron chi connectivity index (χ2n) is 6.20. The molecule has 0 spiro atoms. The van der Waals surface area contributed by atoms with Crippen molar-refractivity contribution in [2.24, 2.45) is 0 Å². The van der Waals surface area contributed by atoms with Crippen LogP contribution in [0.5, 0.6) is 0 Å².